The quantitative estimate of drug-likeness (QED) is 0.579. The molecule has 1 saturated carbocycles. The van der Waals surface area contributed by atoms with Crippen molar-refractivity contribution in [3.63, 3.8) is 0 Å². The fraction of sp³-hybridized carbons (Fsp3) is 1.00. The molecule has 0 heterocycles. The van der Waals surface area contributed by atoms with Crippen molar-refractivity contribution in [2.75, 3.05) is 39.3 Å². The van der Waals surface area contributed by atoms with Crippen molar-refractivity contribution in [1.29, 1.82) is 0 Å². The molecule has 0 saturated heterocycles. The number of nitrogens with one attached hydrogen (secondary N) is 1. The average Bonchev–Trinajstić information content (AvgIpc) is 2.88. The van der Waals surface area contributed by atoms with Crippen LogP contribution in [0.25, 0.3) is 0 Å². The number of likely N-dealkylation sites (N-methyl/N-ethyl adjacent to an activating group) is 1. The summed E-state index contributed by atoms with van der Waals surface area (Å²) in [6, 6.07) is 0. The third-order valence-electron chi connectivity index (χ3n) is 3.68. The molecule has 2 N–H and O–H groups in total. The molecule has 1 atom stereocenters. The number of ether oxygens (including phenoxy) is 1. The average molecular weight is 258 g/mol. The fourth-order valence-electron chi connectivity index (χ4n) is 2.47. The lowest BCUT2D eigenvalue weighted by atomic mass is 10.3. The van der Waals surface area contributed by atoms with Crippen LogP contribution in [0.3, 0.4) is 0 Å². The Morgan fingerprint density at radius 3 is 2.56 bits per heavy atom. The van der Waals surface area contributed by atoms with E-state index >= 15 is 0 Å². The predicted molar refractivity (Wildman–Crippen MR) is 74.9 cm³/mol. The van der Waals surface area contributed by atoms with Crippen LogP contribution in [0, 0.1) is 0 Å². The lowest BCUT2D eigenvalue weighted by molar-refractivity contribution is 0.0571. The van der Waals surface area contributed by atoms with Gasteiger partial charge in [0, 0.05) is 19.6 Å². The van der Waals surface area contributed by atoms with E-state index in [1.54, 1.807) is 0 Å². The third kappa shape index (κ3) is 6.69. The Morgan fingerprint density at radius 1 is 1.28 bits per heavy atom. The first-order valence-corrected chi connectivity index (χ1v) is 7.49. The molecular formula is C14H30N2O2. The van der Waals surface area contributed by atoms with Crippen LogP contribution in [0.2, 0.25) is 0 Å². The lowest BCUT2D eigenvalue weighted by Crippen LogP contribution is -2.39. The number of aliphatic hydroxyl groups is 1. The standard InChI is InChI=1S/C14H30N2O2/c1-3-16(4-2)12-13(17)11-15-9-10-18-14-7-5-6-8-14/h13-15,17H,3-12H2,1-2H3. The maximum absolute atomic E-state index is 9.85. The van der Waals surface area contributed by atoms with Crippen LogP contribution in [0.4, 0.5) is 0 Å². The highest BCUT2D eigenvalue weighted by Gasteiger charge is 2.14. The normalized spacial score (nSPS) is 18.7. The Hall–Kier alpha value is -0.160. The van der Waals surface area contributed by atoms with Crippen molar-refractivity contribution >= 4 is 0 Å². The zero-order valence-electron chi connectivity index (χ0n) is 12.0. The fourth-order valence-corrected chi connectivity index (χ4v) is 2.47. The molecule has 1 fully saturated rings. The van der Waals surface area contributed by atoms with Gasteiger partial charge in [-0.1, -0.05) is 26.7 Å². The minimum absolute atomic E-state index is 0.281. The summed E-state index contributed by atoms with van der Waals surface area (Å²) >= 11 is 0. The van der Waals surface area contributed by atoms with Crippen LogP contribution < -0.4 is 5.32 Å². The van der Waals surface area contributed by atoms with E-state index in [9.17, 15) is 5.11 Å². The number of aliphatic hydroxyl groups excluding tert-OH is 1. The summed E-state index contributed by atoms with van der Waals surface area (Å²) in [7, 11) is 0. The van der Waals surface area contributed by atoms with Crippen LogP contribution in [0.1, 0.15) is 39.5 Å². The molecule has 0 aromatic carbocycles. The zero-order chi connectivity index (χ0) is 13.2. The molecule has 0 spiro atoms. The second-order valence-corrected chi connectivity index (χ2v) is 5.12. The highest BCUT2D eigenvalue weighted by molar-refractivity contribution is 4.68. The van der Waals surface area contributed by atoms with Gasteiger partial charge in [0.05, 0.1) is 18.8 Å². The smallest absolute Gasteiger partial charge is 0.0791 e. The number of hydrogen-bond donors (Lipinski definition) is 2. The Balaban J connectivity index is 1.92. The number of rotatable bonds is 10. The van der Waals surface area contributed by atoms with Crippen LogP contribution in [0.5, 0.6) is 0 Å². The molecule has 0 aromatic rings. The second kappa shape index (κ2) is 9.73. The molecule has 0 radical (unpaired) electrons. The minimum atomic E-state index is -0.281. The molecule has 0 bridgehead atoms. The molecule has 1 aliphatic carbocycles. The van der Waals surface area contributed by atoms with Crippen molar-refractivity contribution in [2.24, 2.45) is 0 Å². The van der Waals surface area contributed by atoms with Crippen molar-refractivity contribution in [1.82, 2.24) is 10.2 Å². The summed E-state index contributed by atoms with van der Waals surface area (Å²) in [5.41, 5.74) is 0. The van der Waals surface area contributed by atoms with Gasteiger partial charge in [0.1, 0.15) is 0 Å². The minimum Gasteiger partial charge on any atom is -0.390 e. The van der Waals surface area contributed by atoms with Crippen LogP contribution in [0.15, 0.2) is 0 Å². The van der Waals surface area contributed by atoms with Crippen molar-refractivity contribution < 1.29 is 9.84 Å². The molecule has 1 unspecified atom stereocenters. The Bertz CT molecular complexity index is 192. The third-order valence-corrected chi connectivity index (χ3v) is 3.68. The molecule has 108 valence electrons. The van der Waals surface area contributed by atoms with Crippen LogP contribution in [-0.2, 0) is 4.74 Å². The van der Waals surface area contributed by atoms with Gasteiger partial charge in [-0.2, -0.15) is 0 Å². The first-order valence-electron chi connectivity index (χ1n) is 7.49. The molecule has 0 aliphatic heterocycles. The maximum Gasteiger partial charge on any atom is 0.0791 e. The Labute approximate surface area is 112 Å². The maximum atomic E-state index is 9.85. The summed E-state index contributed by atoms with van der Waals surface area (Å²) in [5, 5.41) is 13.1. The SMILES string of the molecule is CCN(CC)CC(O)CNCCOC1CCCC1. The van der Waals surface area contributed by atoms with Gasteiger partial charge in [-0.25, -0.2) is 0 Å². The summed E-state index contributed by atoms with van der Waals surface area (Å²) in [5.74, 6) is 0. The molecular weight excluding hydrogens is 228 g/mol. The largest absolute Gasteiger partial charge is 0.390 e. The molecule has 4 heteroatoms. The van der Waals surface area contributed by atoms with Crippen molar-refractivity contribution in [3.05, 3.63) is 0 Å². The number of hydrogen-bond acceptors (Lipinski definition) is 4. The highest BCUT2D eigenvalue weighted by atomic mass is 16.5. The van der Waals surface area contributed by atoms with E-state index in [2.05, 4.69) is 24.1 Å². The molecule has 1 rings (SSSR count). The van der Waals surface area contributed by atoms with Gasteiger partial charge in [0.15, 0.2) is 0 Å². The Morgan fingerprint density at radius 2 is 1.94 bits per heavy atom. The molecule has 18 heavy (non-hydrogen) atoms. The van der Waals surface area contributed by atoms with Gasteiger partial charge < -0.3 is 20.1 Å². The summed E-state index contributed by atoms with van der Waals surface area (Å²) < 4.78 is 5.75. The highest BCUT2D eigenvalue weighted by Crippen LogP contribution is 2.20. The van der Waals surface area contributed by atoms with Gasteiger partial charge in [-0.15, -0.1) is 0 Å². The lowest BCUT2D eigenvalue weighted by Gasteiger charge is -2.22. The van der Waals surface area contributed by atoms with E-state index in [0.29, 0.717) is 12.6 Å². The molecule has 0 amide bonds. The summed E-state index contributed by atoms with van der Waals surface area (Å²) in [6.07, 6.45) is 5.31. The van der Waals surface area contributed by atoms with Gasteiger partial charge >= 0.3 is 0 Å². The van der Waals surface area contributed by atoms with E-state index in [1.165, 1.54) is 25.7 Å². The molecule has 0 aromatic heterocycles. The zero-order valence-corrected chi connectivity index (χ0v) is 12.0. The van der Waals surface area contributed by atoms with Gasteiger partial charge in [-0.3, -0.25) is 0 Å². The second-order valence-electron chi connectivity index (χ2n) is 5.12. The van der Waals surface area contributed by atoms with E-state index < -0.39 is 0 Å². The van der Waals surface area contributed by atoms with Crippen LogP contribution >= 0.6 is 0 Å². The first kappa shape index (κ1) is 15.9. The van der Waals surface area contributed by atoms with E-state index in [-0.39, 0.29) is 6.10 Å². The van der Waals surface area contributed by atoms with Gasteiger partial charge in [-0.05, 0) is 25.9 Å². The number of nitrogens with zero attached hydrogens (tertiary/aromatic N) is 1. The van der Waals surface area contributed by atoms with Gasteiger partial charge in [0.2, 0.25) is 0 Å². The van der Waals surface area contributed by atoms with E-state index in [4.69, 9.17) is 4.74 Å². The Kier molecular flexibility index (Phi) is 8.59. The van der Waals surface area contributed by atoms with Crippen LogP contribution in [-0.4, -0.2) is 61.5 Å². The topological polar surface area (TPSA) is 44.7 Å². The summed E-state index contributed by atoms with van der Waals surface area (Å²) in [6.45, 7) is 9.26. The van der Waals surface area contributed by atoms with Crippen molar-refractivity contribution in [2.45, 2.75) is 51.7 Å². The monoisotopic (exact) mass is 258 g/mol. The molecule has 4 nitrogen and oxygen atoms in total. The van der Waals surface area contributed by atoms with E-state index in [1.807, 2.05) is 0 Å². The van der Waals surface area contributed by atoms with E-state index in [0.717, 1.165) is 32.8 Å². The van der Waals surface area contributed by atoms with Crippen molar-refractivity contribution in [3.8, 4) is 0 Å². The first-order chi connectivity index (χ1) is 8.76. The molecule has 1 aliphatic rings. The van der Waals surface area contributed by atoms with Gasteiger partial charge in [0.25, 0.3) is 0 Å². The summed E-state index contributed by atoms with van der Waals surface area (Å²) in [4.78, 5) is 2.24. The predicted octanol–water partition coefficient (Wildman–Crippen LogP) is 1.24.